The van der Waals surface area contributed by atoms with E-state index in [1.807, 2.05) is 27.7 Å². The third-order valence-corrected chi connectivity index (χ3v) is 5.89. The largest absolute Gasteiger partial charge is 0.395 e. The summed E-state index contributed by atoms with van der Waals surface area (Å²) in [7, 11) is 1.54. The predicted octanol–water partition coefficient (Wildman–Crippen LogP) is -0.596. The van der Waals surface area contributed by atoms with E-state index in [0.29, 0.717) is 12.8 Å². The van der Waals surface area contributed by atoms with Crippen LogP contribution in [-0.4, -0.2) is 70.7 Å². The molecule has 3 amide bonds. The average molecular weight is 367 g/mol. The third-order valence-electron chi connectivity index (χ3n) is 5.89. The van der Waals surface area contributed by atoms with Gasteiger partial charge < -0.3 is 25.4 Å². The van der Waals surface area contributed by atoms with E-state index < -0.39 is 34.6 Å². The van der Waals surface area contributed by atoms with Crippen molar-refractivity contribution in [2.24, 2.45) is 11.8 Å². The summed E-state index contributed by atoms with van der Waals surface area (Å²) in [5.41, 5.74) is -2.25. The second-order valence-corrected chi connectivity index (χ2v) is 8.84. The highest BCUT2D eigenvalue weighted by Crippen LogP contribution is 2.63. The van der Waals surface area contributed by atoms with Gasteiger partial charge in [0.2, 0.25) is 17.7 Å². The van der Waals surface area contributed by atoms with E-state index in [2.05, 4.69) is 10.6 Å². The van der Waals surface area contributed by atoms with Crippen molar-refractivity contribution < 1.29 is 24.2 Å². The van der Waals surface area contributed by atoms with E-state index in [-0.39, 0.29) is 30.9 Å². The van der Waals surface area contributed by atoms with Crippen LogP contribution in [0.25, 0.3) is 0 Å². The molecule has 3 aliphatic rings. The lowest BCUT2D eigenvalue weighted by Crippen LogP contribution is -2.58. The molecular weight excluding hydrogens is 338 g/mol. The first-order valence-electron chi connectivity index (χ1n) is 9.16. The Kier molecular flexibility index (Phi) is 4.35. The van der Waals surface area contributed by atoms with Crippen LogP contribution in [0.4, 0.5) is 0 Å². The topological polar surface area (TPSA) is 108 Å². The minimum Gasteiger partial charge on any atom is -0.395 e. The fourth-order valence-electron chi connectivity index (χ4n) is 5.07. The van der Waals surface area contributed by atoms with E-state index >= 15 is 0 Å². The van der Waals surface area contributed by atoms with Crippen LogP contribution in [-0.2, 0) is 19.1 Å². The predicted molar refractivity (Wildman–Crippen MR) is 93.0 cm³/mol. The number of aliphatic hydroxyl groups is 1. The summed E-state index contributed by atoms with van der Waals surface area (Å²) in [4.78, 5) is 40.2. The highest BCUT2D eigenvalue weighted by Gasteiger charge is 2.77. The van der Waals surface area contributed by atoms with Crippen molar-refractivity contribution in [1.29, 1.82) is 0 Å². The molecular formula is C18H29N3O5. The molecule has 1 spiro atoms. The Morgan fingerprint density at radius 1 is 1.31 bits per heavy atom. The Morgan fingerprint density at radius 2 is 1.96 bits per heavy atom. The molecule has 3 rings (SSSR count). The van der Waals surface area contributed by atoms with E-state index in [9.17, 15) is 19.5 Å². The van der Waals surface area contributed by atoms with Crippen LogP contribution in [0.3, 0.4) is 0 Å². The van der Waals surface area contributed by atoms with Gasteiger partial charge in [-0.2, -0.15) is 0 Å². The highest BCUT2D eigenvalue weighted by atomic mass is 16.5. The van der Waals surface area contributed by atoms with E-state index in [0.717, 1.165) is 0 Å². The third kappa shape index (κ3) is 2.53. The Labute approximate surface area is 153 Å². The number of aliphatic hydroxyl groups excluding tert-OH is 1. The van der Waals surface area contributed by atoms with Crippen LogP contribution >= 0.6 is 0 Å². The number of carbonyl (C=O) groups is 3. The molecule has 0 aromatic carbocycles. The van der Waals surface area contributed by atoms with Crippen LogP contribution in [0, 0.1) is 11.8 Å². The molecule has 0 aromatic heterocycles. The molecule has 2 bridgehead atoms. The molecule has 0 aliphatic carbocycles. The van der Waals surface area contributed by atoms with Crippen LogP contribution in [0.5, 0.6) is 0 Å². The number of amides is 3. The van der Waals surface area contributed by atoms with E-state index in [1.54, 1.807) is 7.05 Å². The van der Waals surface area contributed by atoms with Crippen molar-refractivity contribution in [2.45, 2.75) is 63.3 Å². The molecule has 0 aromatic rings. The summed E-state index contributed by atoms with van der Waals surface area (Å²) in [6, 6.07) is -0.845. The first kappa shape index (κ1) is 19.1. The van der Waals surface area contributed by atoms with Crippen molar-refractivity contribution in [3.05, 3.63) is 0 Å². The van der Waals surface area contributed by atoms with Gasteiger partial charge in [0.1, 0.15) is 11.6 Å². The summed E-state index contributed by atoms with van der Waals surface area (Å²) in [6.07, 6.45) is 1.15. The molecule has 146 valence electrons. The van der Waals surface area contributed by atoms with Gasteiger partial charge in [-0.3, -0.25) is 14.4 Å². The van der Waals surface area contributed by atoms with Gasteiger partial charge in [-0.25, -0.2) is 0 Å². The van der Waals surface area contributed by atoms with Crippen molar-refractivity contribution in [1.82, 2.24) is 15.5 Å². The fraction of sp³-hybridized carbons (Fsp3) is 0.833. The zero-order valence-corrected chi connectivity index (χ0v) is 16.1. The maximum atomic E-state index is 13.2. The normalized spacial score (nSPS) is 38.5. The molecule has 0 saturated carbocycles. The molecule has 8 nitrogen and oxygen atoms in total. The number of hydrogen-bond donors (Lipinski definition) is 3. The van der Waals surface area contributed by atoms with Crippen LogP contribution < -0.4 is 10.6 Å². The van der Waals surface area contributed by atoms with Gasteiger partial charge in [-0.1, -0.05) is 0 Å². The Balaban J connectivity index is 2.05. The molecule has 26 heavy (non-hydrogen) atoms. The smallest absolute Gasteiger partial charge is 0.246 e. The number of nitrogens with zero attached hydrogens (tertiary/aromatic N) is 1. The van der Waals surface area contributed by atoms with Crippen molar-refractivity contribution in [2.75, 3.05) is 20.2 Å². The molecule has 2 unspecified atom stereocenters. The maximum Gasteiger partial charge on any atom is 0.246 e. The second-order valence-electron chi connectivity index (χ2n) is 8.84. The zero-order chi connectivity index (χ0) is 19.5. The second kappa shape index (κ2) is 5.92. The Morgan fingerprint density at radius 3 is 2.50 bits per heavy atom. The first-order chi connectivity index (χ1) is 12.0. The number of hydrogen-bond acceptors (Lipinski definition) is 5. The molecule has 3 saturated heterocycles. The lowest BCUT2D eigenvalue weighted by atomic mass is 9.66. The quantitative estimate of drug-likeness (QED) is 0.615. The lowest BCUT2D eigenvalue weighted by Gasteiger charge is -2.35. The molecule has 3 heterocycles. The Hall–Kier alpha value is -1.67. The minimum absolute atomic E-state index is 0.0415. The number of nitrogens with one attached hydrogen (secondary N) is 2. The fourth-order valence-corrected chi connectivity index (χ4v) is 5.07. The van der Waals surface area contributed by atoms with Crippen LogP contribution in [0.15, 0.2) is 0 Å². The van der Waals surface area contributed by atoms with E-state index in [1.165, 1.54) is 4.90 Å². The number of rotatable bonds is 4. The van der Waals surface area contributed by atoms with E-state index in [4.69, 9.17) is 4.74 Å². The van der Waals surface area contributed by atoms with Gasteiger partial charge in [0.05, 0.1) is 24.0 Å². The van der Waals surface area contributed by atoms with Crippen molar-refractivity contribution in [3.8, 4) is 0 Å². The summed E-state index contributed by atoms with van der Waals surface area (Å²) < 4.78 is 6.34. The van der Waals surface area contributed by atoms with Crippen LogP contribution in [0.1, 0.15) is 40.5 Å². The number of carbonyl (C=O) groups excluding carboxylic acids is 3. The highest BCUT2D eigenvalue weighted by molar-refractivity contribution is 5.99. The molecule has 3 aliphatic heterocycles. The average Bonchev–Trinajstić information content (AvgIpc) is 3.07. The molecule has 3 N–H and O–H groups in total. The van der Waals surface area contributed by atoms with Crippen LogP contribution in [0.2, 0.25) is 0 Å². The standard InChI is InChI=1S/C18H29N3O5/c1-16(2,3)20-14(24)12-18-7-6-17(4,26-18)10(13(23)19-5)11(18)15(25)21(12)8-9-22/h10-12,22H,6-9H2,1-5H3,(H,19,23)(H,20,24)/t10-,11-,12?,17+,18?/m0/s1. The minimum atomic E-state index is -1.02. The lowest BCUT2D eigenvalue weighted by molar-refractivity contribution is -0.147. The number of likely N-dealkylation sites (tertiary alicyclic amines) is 1. The van der Waals surface area contributed by atoms with Gasteiger partial charge >= 0.3 is 0 Å². The molecule has 5 atom stereocenters. The number of ether oxygens (including phenoxy) is 1. The first-order valence-corrected chi connectivity index (χ1v) is 9.16. The van der Waals surface area contributed by atoms with Gasteiger partial charge in [-0.05, 0) is 40.5 Å². The van der Waals surface area contributed by atoms with Gasteiger partial charge in [-0.15, -0.1) is 0 Å². The zero-order valence-electron chi connectivity index (χ0n) is 16.1. The van der Waals surface area contributed by atoms with Gasteiger partial charge in [0, 0.05) is 19.1 Å². The summed E-state index contributed by atoms with van der Waals surface area (Å²) in [5, 5.41) is 15.0. The van der Waals surface area contributed by atoms with Crippen molar-refractivity contribution in [3.63, 3.8) is 0 Å². The summed E-state index contributed by atoms with van der Waals surface area (Å²) in [5.74, 6) is -2.17. The van der Waals surface area contributed by atoms with Gasteiger partial charge in [0.15, 0.2) is 0 Å². The van der Waals surface area contributed by atoms with Gasteiger partial charge in [0.25, 0.3) is 0 Å². The molecule has 0 radical (unpaired) electrons. The molecule has 3 fully saturated rings. The van der Waals surface area contributed by atoms with Crippen molar-refractivity contribution >= 4 is 17.7 Å². The summed E-state index contributed by atoms with van der Waals surface area (Å²) >= 11 is 0. The number of fused-ring (bicyclic) bond motifs is 1. The Bertz CT molecular complexity index is 645. The SMILES string of the molecule is CNC(=O)[C@@H]1[C@H]2C(=O)N(CCO)C(C(=O)NC(C)(C)C)C23CC[C@@]1(C)O3. The maximum absolute atomic E-state index is 13.2. The monoisotopic (exact) mass is 367 g/mol. The number of β-amino-alcohol motifs (C(OH)–C–C–N with tert-alkyl or cyclic N) is 1. The molecule has 8 heteroatoms. The summed E-state index contributed by atoms with van der Waals surface area (Å²) in [6.45, 7) is 7.25.